The molecule has 0 radical (unpaired) electrons. The standard InChI is InChI=1S/C30H31N9O7.C5H12N2O/c1-2-22(40)36-17-9-10-19(21(12-17)29(45)46)27(42)33-11-3-4-20(28(43)44)24(41)15-5-7-16(8-6-15)34-13-18-14-35-26-23(37-18)25(31)38-30(32)39-26;1-3(2)4(6)5(7)8/h5-10,12,14,20,34H,2-4,11,13H2,1H3,(H,33,42)(H,36,40)(H,43,44)(H,45,46)(H4,31,32,35,38,39);3-4H,6H2,1-2H3,(H2,7,8)/t20-;4-/m00/s1. The number of hydrogen-bond acceptors (Lipinski definition) is 14. The largest absolute Gasteiger partial charge is 0.481 e. The van der Waals surface area contributed by atoms with Crippen molar-refractivity contribution in [3.63, 3.8) is 0 Å². The van der Waals surface area contributed by atoms with Gasteiger partial charge in [-0.25, -0.2) is 14.8 Å². The molecule has 2 heterocycles. The number of ketones is 1. The van der Waals surface area contributed by atoms with E-state index in [4.69, 9.17) is 22.9 Å². The fourth-order valence-corrected chi connectivity index (χ4v) is 4.76. The van der Waals surface area contributed by atoms with Crippen molar-refractivity contribution in [2.75, 3.05) is 28.6 Å². The summed E-state index contributed by atoms with van der Waals surface area (Å²) in [6, 6.07) is 9.64. The number of aliphatic carboxylic acids is 1. The Kier molecular flexibility index (Phi) is 14.8. The van der Waals surface area contributed by atoms with Gasteiger partial charge in [0.05, 0.1) is 35.6 Å². The van der Waals surface area contributed by atoms with E-state index >= 15 is 0 Å². The van der Waals surface area contributed by atoms with Crippen LogP contribution in [0.1, 0.15) is 76.8 Å². The number of nitrogens with one attached hydrogen (secondary N) is 3. The topological polar surface area (TPSA) is 335 Å². The number of aromatic carboxylic acids is 1. The highest BCUT2D eigenvalue weighted by molar-refractivity contribution is 6.08. The molecule has 2 aromatic heterocycles. The fraction of sp³-hybridized carbons (Fsp3) is 0.314. The third-order valence-electron chi connectivity index (χ3n) is 7.86. The molecule has 0 saturated heterocycles. The van der Waals surface area contributed by atoms with Gasteiger partial charge in [0.2, 0.25) is 17.8 Å². The number of fused-ring (bicyclic) bond motifs is 1. The van der Waals surface area contributed by atoms with Crippen LogP contribution < -0.4 is 38.9 Å². The van der Waals surface area contributed by atoms with Gasteiger partial charge in [-0.15, -0.1) is 0 Å². The van der Waals surface area contributed by atoms with Crippen LogP contribution in [0.2, 0.25) is 0 Å². The molecule has 0 spiro atoms. The van der Waals surface area contributed by atoms with Gasteiger partial charge in [-0.2, -0.15) is 9.97 Å². The Morgan fingerprint density at radius 2 is 1.56 bits per heavy atom. The summed E-state index contributed by atoms with van der Waals surface area (Å²) in [7, 11) is 0. The minimum atomic E-state index is -1.36. The number of nitrogen functional groups attached to an aromatic ring is 2. The molecule has 0 saturated carbocycles. The molecule has 3 amide bonds. The van der Waals surface area contributed by atoms with Crippen LogP contribution in [0.25, 0.3) is 11.2 Å². The Hall–Kier alpha value is -6.76. The number of benzene rings is 2. The number of carboxylic acid groups (broad SMARTS) is 2. The number of anilines is 4. The highest BCUT2D eigenvalue weighted by atomic mass is 16.4. The van der Waals surface area contributed by atoms with Crippen LogP contribution >= 0.6 is 0 Å². The molecule has 19 heteroatoms. The van der Waals surface area contributed by atoms with E-state index in [2.05, 4.69) is 35.9 Å². The lowest BCUT2D eigenvalue weighted by atomic mass is 9.93. The van der Waals surface area contributed by atoms with E-state index < -0.39 is 41.5 Å². The van der Waals surface area contributed by atoms with Crippen molar-refractivity contribution in [2.24, 2.45) is 23.3 Å². The number of carbonyl (C=O) groups is 6. The monoisotopic (exact) mass is 745 g/mol. The first-order valence-corrected chi connectivity index (χ1v) is 16.7. The summed E-state index contributed by atoms with van der Waals surface area (Å²) < 4.78 is 0. The van der Waals surface area contributed by atoms with Gasteiger partial charge in [0.1, 0.15) is 5.92 Å². The molecule has 0 aliphatic rings. The van der Waals surface area contributed by atoms with Gasteiger partial charge < -0.3 is 49.1 Å². The van der Waals surface area contributed by atoms with Crippen molar-refractivity contribution in [1.29, 1.82) is 0 Å². The number of Topliss-reactive ketones (excluding diaryl/α,β-unsaturated/α-hetero) is 1. The molecule has 4 aromatic rings. The Labute approximate surface area is 309 Å². The maximum atomic E-state index is 13.0. The third-order valence-corrected chi connectivity index (χ3v) is 7.86. The van der Waals surface area contributed by atoms with E-state index in [-0.39, 0.29) is 84.0 Å². The van der Waals surface area contributed by atoms with Crippen molar-refractivity contribution in [3.05, 3.63) is 71.0 Å². The number of primary amides is 1. The summed E-state index contributed by atoms with van der Waals surface area (Å²) >= 11 is 0. The lowest BCUT2D eigenvalue weighted by Crippen LogP contribution is -2.40. The summed E-state index contributed by atoms with van der Waals surface area (Å²) in [4.78, 5) is 87.6. The molecule has 0 aliphatic heterocycles. The van der Waals surface area contributed by atoms with Crippen molar-refractivity contribution < 1.29 is 39.0 Å². The van der Waals surface area contributed by atoms with E-state index in [1.807, 2.05) is 13.8 Å². The summed E-state index contributed by atoms with van der Waals surface area (Å²) in [6.07, 6.45) is 1.77. The molecule has 286 valence electrons. The number of aromatic nitrogens is 4. The quantitative estimate of drug-likeness (QED) is 0.0448. The van der Waals surface area contributed by atoms with E-state index in [0.29, 0.717) is 16.9 Å². The van der Waals surface area contributed by atoms with Crippen LogP contribution in [0.3, 0.4) is 0 Å². The summed E-state index contributed by atoms with van der Waals surface area (Å²) in [5.74, 6) is -5.82. The first kappa shape index (κ1) is 41.7. The zero-order chi connectivity index (χ0) is 40.1. The molecule has 13 N–H and O–H groups in total. The van der Waals surface area contributed by atoms with Crippen LogP contribution in [0.5, 0.6) is 0 Å². The molecule has 2 atom stereocenters. The second-order valence-electron chi connectivity index (χ2n) is 12.2. The average molecular weight is 746 g/mol. The van der Waals surface area contributed by atoms with E-state index in [0.717, 1.165) is 0 Å². The summed E-state index contributed by atoms with van der Waals surface area (Å²) in [5, 5.41) is 27.5. The molecule has 0 fully saturated rings. The molecule has 0 aliphatic carbocycles. The van der Waals surface area contributed by atoms with Gasteiger partial charge in [-0.05, 0) is 61.2 Å². The second-order valence-corrected chi connectivity index (χ2v) is 12.2. The minimum Gasteiger partial charge on any atom is -0.481 e. The number of carbonyl (C=O) groups excluding carboxylic acids is 4. The Morgan fingerprint density at radius 1 is 0.889 bits per heavy atom. The van der Waals surface area contributed by atoms with Crippen molar-refractivity contribution >= 4 is 69.7 Å². The number of hydrogen-bond donors (Lipinski definition) is 9. The van der Waals surface area contributed by atoms with Crippen LogP contribution in [0.15, 0.2) is 48.7 Å². The average Bonchev–Trinajstić information content (AvgIpc) is 3.13. The number of amides is 3. The zero-order valence-electron chi connectivity index (χ0n) is 29.8. The predicted molar refractivity (Wildman–Crippen MR) is 199 cm³/mol. The Bertz CT molecular complexity index is 2020. The number of nitrogens with two attached hydrogens (primary N) is 4. The normalized spacial score (nSPS) is 11.8. The van der Waals surface area contributed by atoms with Crippen molar-refractivity contribution in [3.8, 4) is 0 Å². The lowest BCUT2D eigenvalue weighted by molar-refractivity contribution is -0.140. The van der Waals surface area contributed by atoms with E-state index in [1.54, 1.807) is 19.1 Å². The number of rotatable bonds is 16. The molecule has 2 aromatic carbocycles. The molecular formula is C35H43N11O8. The number of nitrogens with zero attached hydrogens (tertiary/aromatic N) is 4. The SMILES string of the molecule is CC(C)[C@H](N)C(N)=O.CCC(=O)Nc1ccc(C(=O)NCCC[C@H](C(=O)O)C(=O)c2ccc(NCc3cnc4nc(N)nc(N)c4n3)cc2)c(C(=O)O)c1. The third kappa shape index (κ3) is 11.6. The van der Waals surface area contributed by atoms with Gasteiger partial charge in [0.15, 0.2) is 22.8 Å². The predicted octanol–water partition coefficient (Wildman–Crippen LogP) is 1.79. The van der Waals surface area contributed by atoms with Gasteiger partial charge in [-0.1, -0.05) is 20.8 Å². The highest BCUT2D eigenvalue weighted by Gasteiger charge is 2.27. The minimum absolute atomic E-state index is 0.00500. The molecule has 0 bridgehead atoms. The smallest absolute Gasteiger partial charge is 0.336 e. The highest BCUT2D eigenvalue weighted by Crippen LogP contribution is 2.20. The fourth-order valence-electron chi connectivity index (χ4n) is 4.76. The van der Waals surface area contributed by atoms with Crippen molar-refractivity contribution in [1.82, 2.24) is 25.3 Å². The molecule has 4 rings (SSSR count). The van der Waals surface area contributed by atoms with Gasteiger partial charge in [-0.3, -0.25) is 24.0 Å². The maximum Gasteiger partial charge on any atom is 0.336 e. The van der Waals surface area contributed by atoms with Crippen LogP contribution in [-0.2, 0) is 20.9 Å². The zero-order valence-corrected chi connectivity index (χ0v) is 29.8. The van der Waals surface area contributed by atoms with E-state index in [1.165, 1.54) is 36.5 Å². The van der Waals surface area contributed by atoms with Gasteiger partial charge in [0, 0.05) is 29.9 Å². The molecule has 19 nitrogen and oxygen atoms in total. The second kappa shape index (κ2) is 19.2. The first-order chi connectivity index (χ1) is 25.5. The van der Waals surface area contributed by atoms with Crippen molar-refractivity contribution in [2.45, 2.75) is 52.6 Å². The maximum absolute atomic E-state index is 13.0. The summed E-state index contributed by atoms with van der Waals surface area (Å²) in [5.41, 5.74) is 23.3. The molecule has 0 unspecified atom stereocenters. The first-order valence-electron chi connectivity index (χ1n) is 16.7. The Balaban J connectivity index is 0.000000879. The van der Waals surface area contributed by atoms with Gasteiger partial charge >= 0.3 is 11.9 Å². The van der Waals surface area contributed by atoms with Gasteiger partial charge in [0.25, 0.3) is 5.91 Å². The molecule has 54 heavy (non-hydrogen) atoms. The Morgan fingerprint density at radius 3 is 2.13 bits per heavy atom. The van der Waals surface area contributed by atoms with Crippen LogP contribution in [0, 0.1) is 11.8 Å². The van der Waals surface area contributed by atoms with E-state index in [9.17, 15) is 39.0 Å². The van der Waals surface area contributed by atoms with Crippen LogP contribution in [-0.4, -0.2) is 78.2 Å². The number of carboxylic acids is 2. The van der Waals surface area contributed by atoms with Crippen LogP contribution in [0.4, 0.5) is 23.1 Å². The lowest BCUT2D eigenvalue weighted by Gasteiger charge is -2.13. The summed E-state index contributed by atoms with van der Waals surface area (Å²) in [6.45, 7) is 5.61. The molecular weight excluding hydrogens is 702 g/mol.